The van der Waals surface area contributed by atoms with Crippen LogP contribution in [0.15, 0.2) is 93.9 Å². The minimum absolute atomic E-state index is 0.102. The van der Waals surface area contributed by atoms with E-state index in [1.807, 2.05) is 6.92 Å². The molecule has 4 nitrogen and oxygen atoms in total. The number of hydrogen-bond acceptors (Lipinski definition) is 4. The molecule has 0 aliphatic rings. The number of aromatic hydroxyl groups is 1. The van der Waals surface area contributed by atoms with Gasteiger partial charge in [0.05, 0.1) is 16.7 Å². The van der Waals surface area contributed by atoms with Crippen LogP contribution in [0.4, 0.5) is 0 Å². The smallest absolute Gasteiger partial charge is 0.369 e. The maximum Gasteiger partial charge on any atom is 0.369 e. The Morgan fingerprint density at radius 2 is 1.14 bits per heavy atom. The third-order valence-electron chi connectivity index (χ3n) is 4.90. The molecule has 0 spiro atoms. The Bertz CT molecular complexity index is 1460. The van der Waals surface area contributed by atoms with Crippen molar-refractivity contribution in [1.29, 1.82) is 0 Å². The fourth-order valence-electron chi connectivity index (χ4n) is 3.14. The number of ketones is 2. The summed E-state index contributed by atoms with van der Waals surface area (Å²) in [7, 11) is 0. The molecule has 42 heavy (non-hydrogen) atoms. The molecule has 0 amide bonds. The fourth-order valence-corrected chi connectivity index (χ4v) is 4.26. The van der Waals surface area contributed by atoms with Gasteiger partial charge in [-0.25, -0.2) is 0 Å². The van der Waals surface area contributed by atoms with Gasteiger partial charge in [0.2, 0.25) is 0 Å². The molecule has 1 N–H and O–H groups in total. The second-order valence-electron chi connectivity index (χ2n) is 7.66. The van der Waals surface area contributed by atoms with Crippen LogP contribution in [-0.2, 0) is 0 Å². The number of carbonyl (C=O) groups is 2. The Morgan fingerprint density at radius 1 is 0.786 bits per heavy atom. The zero-order valence-electron chi connectivity index (χ0n) is 23.4. The van der Waals surface area contributed by atoms with Gasteiger partial charge in [0.15, 0.2) is 11.6 Å². The van der Waals surface area contributed by atoms with Gasteiger partial charge in [0, 0.05) is 32.6 Å². The van der Waals surface area contributed by atoms with Gasteiger partial charge in [-0.3, -0.25) is 9.59 Å². The van der Waals surface area contributed by atoms with Crippen LogP contribution in [0.2, 0.25) is 10.0 Å². The first kappa shape index (κ1) is 37.1. The number of ether oxygens (including phenoxy) is 1. The van der Waals surface area contributed by atoms with Crippen molar-refractivity contribution in [3.63, 3.8) is 0 Å². The maximum absolute atomic E-state index is 12.3. The SMILES string of the molecule is BrB(Br)Br.CCOc1ccc(C(=O)c2cc(Br)ccc2Cl)cc1.O=C(c1ccc(O)cc1)c1cc(Br)ccc1Cl.[2H]CC. The summed E-state index contributed by atoms with van der Waals surface area (Å²) in [4.78, 5) is 24.5. The van der Waals surface area contributed by atoms with Crippen molar-refractivity contribution >= 4 is 117 Å². The Morgan fingerprint density at radius 3 is 1.50 bits per heavy atom. The Kier molecular flexibility index (Phi) is 18.3. The molecule has 4 aromatic carbocycles. The molecule has 0 aliphatic carbocycles. The van der Waals surface area contributed by atoms with Crippen molar-refractivity contribution in [2.75, 3.05) is 6.61 Å². The summed E-state index contributed by atoms with van der Waals surface area (Å²) < 4.78 is 13.4. The number of phenols is 1. The fraction of sp³-hybridized carbons (Fsp3) is 0.133. The standard InChI is InChI=1S/C15H12BrClO2.C13H8BrClO2.C2H6.BBr3/c1-2-19-12-6-3-10(4-7-12)15(18)13-9-11(16)5-8-14(13)17;14-9-3-6-12(15)11(7-9)13(17)8-1-4-10(16)5-2-8;1-2;2-1(3)4/h3-9H,2H2,1H3;1-7,16H;1-2H3;/i;;1D;. The summed E-state index contributed by atoms with van der Waals surface area (Å²) >= 11 is 28.0. The highest BCUT2D eigenvalue weighted by Gasteiger charge is 2.14. The Balaban J connectivity index is 0.000000355. The number of halogens is 7. The van der Waals surface area contributed by atoms with E-state index in [2.05, 4.69) is 79.1 Å². The van der Waals surface area contributed by atoms with Crippen LogP contribution in [0.1, 0.15) is 54.0 Å². The van der Waals surface area contributed by atoms with Gasteiger partial charge in [-0.05, 0) is 91.9 Å². The van der Waals surface area contributed by atoms with Crippen molar-refractivity contribution in [2.24, 2.45) is 0 Å². The summed E-state index contributed by atoms with van der Waals surface area (Å²) in [6, 6.07) is 23.5. The summed E-state index contributed by atoms with van der Waals surface area (Å²) in [6.45, 7) is 4.81. The van der Waals surface area contributed by atoms with Crippen molar-refractivity contribution in [3.8, 4) is 11.5 Å². The van der Waals surface area contributed by atoms with E-state index in [1.54, 1.807) is 79.7 Å². The molecular weight excluding hydrogens is 906 g/mol. The van der Waals surface area contributed by atoms with E-state index in [0.29, 0.717) is 45.8 Å². The zero-order valence-corrected chi connectivity index (χ0v) is 31.8. The van der Waals surface area contributed by atoms with Crippen molar-refractivity contribution in [2.45, 2.75) is 20.7 Å². The number of phenolic OH excluding ortho intramolecular Hbond substituents is 1. The van der Waals surface area contributed by atoms with E-state index < -0.39 is 0 Å². The molecule has 4 rings (SSSR count). The topological polar surface area (TPSA) is 63.6 Å². The van der Waals surface area contributed by atoms with Gasteiger partial charge in [-0.1, -0.05) is 68.9 Å². The van der Waals surface area contributed by atoms with Gasteiger partial charge in [0.25, 0.3) is 0 Å². The highest BCUT2D eigenvalue weighted by atomic mass is 79.9. The predicted molar refractivity (Wildman–Crippen MR) is 195 cm³/mol. The van der Waals surface area contributed by atoms with Crippen LogP contribution in [0, 0.1) is 0 Å². The summed E-state index contributed by atoms with van der Waals surface area (Å²) in [5.74, 6) is 0.604. The summed E-state index contributed by atoms with van der Waals surface area (Å²) in [5.41, 5.74) is 2.00. The maximum atomic E-state index is 12.3. The highest BCUT2D eigenvalue weighted by Crippen LogP contribution is 2.25. The summed E-state index contributed by atoms with van der Waals surface area (Å²) in [5, 5.41) is 10.0. The van der Waals surface area contributed by atoms with Crippen LogP contribution >= 0.6 is 102 Å². The van der Waals surface area contributed by atoms with Gasteiger partial charge in [-0.15, -0.1) is 47.3 Å². The van der Waals surface area contributed by atoms with E-state index >= 15 is 0 Å². The van der Waals surface area contributed by atoms with Crippen LogP contribution in [0.25, 0.3) is 0 Å². The van der Waals surface area contributed by atoms with Crippen molar-refractivity contribution in [1.82, 2.24) is 0 Å². The quantitative estimate of drug-likeness (QED) is 0.155. The number of benzene rings is 4. The van der Waals surface area contributed by atoms with E-state index in [4.69, 9.17) is 34.4 Å². The minimum atomic E-state index is -0.170. The third-order valence-corrected chi connectivity index (χ3v) is 6.55. The molecule has 0 aromatic heterocycles. The molecule has 4 aromatic rings. The number of hydrogen-bond donors (Lipinski definition) is 1. The third kappa shape index (κ3) is 13.7. The van der Waals surface area contributed by atoms with Crippen molar-refractivity contribution < 1.29 is 20.8 Å². The lowest BCUT2D eigenvalue weighted by Gasteiger charge is -2.06. The molecule has 0 saturated heterocycles. The molecule has 0 heterocycles. The second kappa shape index (κ2) is 20.8. The lowest BCUT2D eigenvalue weighted by atomic mass is 10.0. The van der Waals surface area contributed by atoms with Gasteiger partial charge >= 0.3 is 3.18 Å². The molecule has 222 valence electrons. The van der Waals surface area contributed by atoms with Crippen LogP contribution in [0.3, 0.4) is 0 Å². The molecule has 0 fully saturated rings. The first-order chi connectivity index (χ1) is 20.3. The normalized spacial score (nSPS) is 9.88. The Hall–Kier alpha value is -1.14. The van der Waals surface area contributed by atoms with E-state index in [-0.39, 0.29) is 20.5 Å². The monoisotopic (exact) mass is 927 g/mol. The predicted octanol–water partition coefficient (Wildman–Crippen LogP) is 12.0. The molecule has 0 saturated carbocycles. The largest absolute Gasteiger partial charge is 0.508 e. The first-order valence-corrected chi connectivity index (χ1v) is 17.2. The molecule has 0 atom stereocenters. The lowest BCUT2D eigenvalue weighted by molar-refractivity contribution is 0.103. The second-order valence-corrected chi connectivity index (χ2v) is 16.7. The van der Waals surface area contributed by atoms with Crippen LogP contribution < -0.4 is 4.74 Å². The average Bonchev–Trinajstić information content (AvgIpc) is 2.96. The molecular formula is C30H26BBr5Cl2O4. The molecule has 0 unspecified atom stereocenters. The van der Waals surface area contributed by atoms with Gasteiger partial charge < -0.3 is 9.84 Å². The number of rotatable bonds is 6. The minimum Gasteiger partial charge on any atom is -0.508 e. The first-order valence-electron chi connectivity index (χ1n) is 12.8. The lowest BCUT2D eigenvalue weighted by Crippen LogP contribution is -2.02. The van der Waals surface area contributed by atoms with E-state index in [9.17, 15) is 9.59 Å². The number of carbonyl (C=O) groups excluding carboxylic acids is 2. The molecule has 0 radical (unpaired) electrons. The summed E-state index contributed by atoms with van der Waals surface area (Å²) in [6.07, 6.45) is 0. The Labute approximate surface area is 300 Å². The molecule has 0 aliphatic heterocycles. The van der Waals surface area contributed by atoms with Crippen LogP contribution in [-0.4, -0.2) is 26.5 Å². The highest BCUT2D eigenvalue weighted by molar-refractivity contribution is 9.69. The van der Waals surface area contributed by atoms with E-state index in [1.165, 1.54) is 12.1 Å². The molecule has 0 bridgehead atoms. The van der Waals surface area contributed by atoms with Crippen molar-refractivity contribution in [3.05, 3.63) is 126 Å². The van der Waals surface area contributed by atoms with Crippen LogP contribution in [0.5, 0.6) is 11.5 Å². The average molecular weight is 933 g/mol. The van der Waals surface area contributed by atoms with Gasteiger partial charge in [0.1, 0.15) is 11.5 Å². The zero-order chi connectivity index (χ0) is 32.5. The van der Waals surface area contributed by atoms with E-state index in [0.717, 1.165) is 14.7 Å². The molecule has 12 heteroatoms. The van der Waals surface area contributed by atoms with Gasteiger partial charge in [-0.2, -0.15) is 0 Å².